The van der Waals surface area contributed by atoms with Gasteiger partial charge in [-0.25, -0.2) is 4.39 Å². The first-order valence-corrected chi connectivity index (χ1v) is 6.75. The monoisotopic (exact) mass is 265 g/mol. The van der Waals surface area contributed by atoms with Crippen LogP contribution < -0.4 is 0 Å². The van der Waals surface area contributed by atoms with Crippen molar-refractivity contribution >= 4 is 5.78 Å². The fourth-order valence-electron chi connectivity index (χ4n) is 2.36. The van der Waals surface area contributed by atoms with E-state index in [9.17, 15) is 14.3 Å². The van der Waals surface area contributed by atoms with Crippen molar-refractivity contribution in [3.63, 3.8) is 0 Å². The molecule has 1 fully saturated rings. The second kappa shape index (κ2) is 6.26. The molecule has 2 atom stereocenters. The van der Waals surface area contributed by atoms with E-state index in [0.29, 0.717) is 31.0 Å². The van der Waals surface area contributed by atoms with Crippen LogP contribution in [0.1, 0.15) is 30.1 Å². The molecule has 104 valence electrons. The Bertz CT molecular complexity index is 432. The molecule has 1 N–H and O–H groups in total. The van der Waals surface area contributed by atoms with Crippen molar-refractivity contribution in [1.82, 2.24) is 4.90 Å². The van der Waals surface area contributed by atoms with Crippen LogP contribution in [0.3, 0.4) is 0 Å². The normalized spacial score (nSPS) is 24.4. The molecule has 3 nitrogen and oxygen atoms in total. The Kier molecular flexibility index (Phi) is 4.66. The van der Waals surface area contributed by atoms with E-state index < -0.39 is 0 Å². The van der Waals surface area contributed by atoms with Gasteiger partial charge in [0.1, 0.15) is 5.82 Å². The number of halogens is 1. The summed E-state index contributed by atoms with van der Waals surface area (Å²) in [5.74, 6) is 0.0295. The summed E-state index contributed by atoms with van der Waals surface area (Å²) in [6.45, 7) is 4.26. The van der Waals surface area contributed by atoms with Crippen molar-refractivity contribution in [2.75, 3.05) is 19.6 Å². The second-order valence-electron chi connectivity index (χ2n) is 5.31. The SMILES string of the molecule is CC1CCN(CCC(=O)c2ccc(F)cc2)CC1O. The van der Waals surface area contributed by atoms with Crippen molar-refractivity contribution in [1.29, 1.82) is 0 Å². The summed E-state index contributed by atoms with van der Waals surface area (Å²) in [7, 11) is 0. The Labute approximate surface area is 113 Å². The van der Waals surface area contributed by atoms with Crippen LogP contribution in [0.5, 0.6) is 0 Å². The average Bonchev–Trinajstić information content (AvgIpc) is 2.40. The molecule has 0 radical (unpaired) electrons. The molecular weight excluding hydrogens is 245 g/mol. The topological polar surface area (TPSA) is 40.5 Å². The number of rotatable bonds is 4. The van der Waals surface area contributed by atoms with Gasteiger partial charge in [0, 0.05) is 25.1 Å². The predicted octanol–water partition coefficient (Wildman–Crippen LogP) is 2.10. The lowest BCUT2D eigenvalue weighted by Gasteiger charge is -2.34. The Morgan fingerprint density at radius 3 is 2.74 bits per heavy atom. The van der Waals surface area contributed by atoms with E-state index in [1.165, 1.54) is 24.3 Å². The quantitative estimate of drug-likeness (QED) is 0.848. The summed E-state index contributed by atoms with van der Waals surface area (Å²) in [4.78, 5) is 14.1. The number of β-amino-alcohol motifs (C(OH)–C–C–N with tert-alkyl or cyclic N) is 1. The molecule has 0 amide bonds. The van der Waals surface area contributed by atoms with Crippen LogP contribution in [-0.4, -0.2) is 41.5 Å². The van der Waals surface area contributed by atoms with Gasteiger partial charge in [0.15, 0.2) is 5.78 Å². The van der Waals surface area contributed by atoms with Crippen LogP contribution in [0.15, 0.2) is 24.3 Å². The lowest BCUT2D eigenvalue weighted by molar-refractivity contribution is 0.0287. The van der Waals surface area contributed by atoms with Gasteiger partial charge in [0.25, 0.3) is 0 Å². The lowest BCUT2D eigenvalue weighted by Crippen LogP contribution is -2.43. The number of carbonyl (C=O) groups is 1. The molecule has 0 aromatic heterocycles. The van der Waals surface area contributed by atoms with E-state index in [0.717, 1.165) is 13.0 Å². The number of ketones is 1. The summed E-state index contributed by atoms with van der Waals surface area (Å²) >= 11 is 0. The highest BCUT2D eigenvalue weighted by atomic mass is 19.1. The number of piperidine rings is 1. The number of carbonyl (C=O) groups excluding carboxylic acids is 1. The molecule has 0 spiro atoms. The highest BCUT2D eigenvalue weighted by Gasteiger charge is 2.24. The molecule has 1 aliphatic rings. The third kappa shape index (κ3) is 3.85. The number of hydrogen-bond donors (Lipinski definition) is 1. The van der Waals surface area contributed by atoms with E-state index in [2.05, 4.69) is 4.90 Å². The van der Waals surface area contributed by atoms with Crippen molar-refractivity contribution in [2.24, 2.45) is 5.92 Å². The first-order valence-electron chi connectivity index (χ1n) is 6.75. The van der Waals surface area contributed by atoms with Gasteiger partial charge < -0.3 is 10.0 Å². The van der Waals surface area contributed by atoms with Gasteiger partial charge in [-0.1, -0.05) is 6.92 Å². The first-order chi connectivity index (χ1) is 9.06. The van der Waals surface area contributed by atoms with Crippen LogP contribution in [0, 0.1) is 11.7 Å². The molecule has 1 aromatic carbocycles. The highest BCUT2D eigenvalue weighted by molar-refractivity contribution is 5.96. The molecule has 0 aliphatic carbocycles. The molecule has 1 aromatic rings. The van der Waals surface area contributed by atoms with Gasteiger partial charge in [-0.3, -0.25) is 4.79 Å². The van der Waals surface area contributed by atoms with E-state index in [1.807, 2.05) is 6.92 Å². The number of aliphatic hydroxyl groups excluding tert-OH is 1. The Morgan fingerprint density at radius 2 is 2.11 bits per heavy atom. The zero-order valence-electron chi connectivity index (χ0n) is 11.2. The van der Waals surface area contributed by atoms with Gasteiger partial charge in [-0.2, -0.15) is 0 Å². The number of aliphatic hydroxyl groups is 1. The summed E-state index contributed by atoms with van der Waals surface area (Å²) in [6.07, 6.45) is 1.08. The van der Waals surface area contributed by atoms with Gasteiger partial charge in [0.05, 0.1) is 6.10 Å². The zero-order chi connectivity index (χ0) is 13.8. The summed E-state index contributed by atoms with van der Waals surface area (Å²) < 4.78 is 12.8. The van der Waals surface area contributed by atoms with Gasteiger partial charge >= 0.3 is 0 Å². The Hall–Kier alpha value is -1.26. The van der Waals surface area contributed by atoms with Crippen molar-refractivity contribution in [2.45, 2.75) is 25.9 Å². The fourth-order valence-corrected chi connectivity index (χ4v) is 2.36. The smallest absolute Gasteiger partial charge is 0.164 e. The minimum atomic E-state index is -0.329. The number of likely N-dealkylation sites (tertiary alicyclic amines) is 1. The number of Topliss-reactive ketones (excluding diaryl/α,β-unsaturated/α-hetero) is 1. The third-order valence-electron chi connectivity index (χ3n) is 3.82. The van der Waals surface area contributed by atoms with E-state index in [4.69, 9.17) is 0 Å². The van der Waals surface area contributed by atoms with Crippen molar-refractivity contribution in [3.8, 4) is 0 Å². The maximum absolute atomic E-state index is 12.8. The Balaban J connectivity index is 1.82. The number of nitrogens with zero attached hydrogens (tertiary/aromatic N) is 1. The molecule has 2 rings (SSSR count). The predicted molar refractivity (Wildman–Crippen MR) is 71.6 cm³/mol. The number of hydrogen-bond acceptors (Lipinski definition) is 3. The average molecular weight is 265 g/mol. The molecule has 0 bridgehead atoms. The van der Waals surface area contributed by atoms with E-state index in [1.54, 1.807) is 0 Å². The van der Waals surface area contributed by atoms with Crippen LogP contribution in [-0.2, 0) is 0 Å². The minimum absolute atomic E-state index is 0.0214. The van der Waals surface area contributed by atoms with E-state index >= 15 is 0 Å². The second-order valence-corrected chi connectivity index (χ2v) is 5.31. The zero-order valence-corrected chi connectivity index (χ0v) is 11.2. The molecular formula is C15H20FNO2. The molecule has 1 saturated heterocycles. The minimum Gasteiger partial charge on any atom is -0.392 e. The summed E-state index contributed by atoms with van der Waals surface area (Å²) in [6, 6.07) is 5.65. The van der Waals surface area contributed by atoms with Crippen LogP contribution >= 0.6 is 0 Å². The van der Waals surface area contributed by atoms with Crippen molar-refractivity contribution < 1.29 is 14.3 Å². The van der Waals surface area contributed by atoms with Gasteiger partial charge in [-0.05, 0) is 43.1 Å². The fraction of sp³-hybridized carbons (Fsp3) is 0.533. The van der Waals surface area contributed by atoms with E-state index in [-0.39, 0.29) is 17.7 Å². The number of benzene rings is 1. The molecule has 1 heterocycles. The highest BCUT2D eigenvalue weighted by Crippen LogP contribution is 2.17. The van der Waals surface area contributed by atoms with Crippen molar-refractivity contribution in [3.05, 3.63) is 35.6 Å². The molecule has 0 saturated carbocycles. The molecule has 2 unspecified atom stereocenters. The summed E-state index contributed by atoms with van der Waals surface area (Å²) in [5, 5.41) is 9.79. The van der Waals surface area contributed by atoms with Gasteiger partial charge in [-0.15, -0.1) is 0 Å². The lowest BCUT2D eigenvalue weighted by atomic mass is 9.96. The standard InChI is InChI=1S/C15H20FNO2/c1-11-6-8-17(10-15(11)19)9-7-14(18)12-2-4-13(16)5-3-12/h2-5,11,15,19H,6-10H2,1H3. The van der Waals surface area contributed by atoms with Gasteiger partial charge in [0.2, 0.25) is 0 Å². The van der Waals surface area contributed by atoms with Crippen LogP contribution in [0.2, 0.25) is 0 Å². The largest absolute Gasteiger partial charge is 0.392 e. The molecule has 19 heavy (non-hydrogen) atoms. The maximum Gasteiger partial charge on any atom is 0.164 e. The summed E-state index contributed by atoms with van der Waals surface area (Å²) in [5.41, 5.74) is 0.548. The molecule has 4 heteroatoms. The third-order valence-corrected chi connectivity index (χ3v) is 3.82. The maximum atomic E-state index is 12.8. The molecule has 1 aliphatic heterocycles. The van der Waals surface area contributed by atoms with Crippen LogP contribution in [0.25, 0.3) is 0 Å². The Morgan fingerprint density at radius 1 is 1.42 bits per heavy atom. The van der Waals surface area contributed by atoms with Crippen LogP contribution in [0.4, 0.5) is 4.39 Å². The first kappa shape index (κ1) is 14.2.